The Morgan fingerprint density at radius 3 is 2.67 bits per heavy atom. The quantitative estimate of drug-likeness (QED) is 0.616. The lowest BCUT2D eigenvalue weighted by Gasteiger charge is -2.13. The predicted molar refractivity (Wildman–Crippen MR) is 99.4 cm³/mol. The monoisotopic (exact) mass is 358 g/mol. The summed E-state index contributed by atoms with van der Waals surface area (Å²) in [6.45, 7) is 0. The number of rotatable bonds is 4. The van der Waals surface area contributed by atoms with E-state index in [1.54, 1.807) is 50.9 Å². The van der Waals surface area contributed by atoms with Crippen molar-refractivity contribution in [3.63, 3.8) is 0 Å². The fourth-order valence-corrected chi connectivity index (χ4v) is 3.57. The minimum absolute atomic E-state index is 0.159. The van der Waals surface area contributed by atoms with E-state index in [0.717, 1.165) is 5.56 Å². The lowest BCUT2D eigenvalue weighted by molar-refractivity contribution is -0.113. The molecule has 1 aromatic heterocycles. The molecular formula is C17H14N2O3S2. The van der Waals surface area contributed by atoms with Crippen LogP contribution in [-0.4, -0.2) is 29.4 Å². The van der Waals surface area contributed by atoms with Gasteiger partial charge >= 0.3 is 0 Å². The molecular weight excluding hydrogens is 344 g/mol. The molecule has 0 unspecified atom stereocenters. The van der Waals surface area contributed by atoms with Gasteiger partial charge in [-0.1, -0.05) is 30.0 Å². The highest BCUT2D eigenvalue weighted by Gasteiger charge is 2.33. The molecule has 2 aromatic rings. The van der Waals surface area contributed by atoms with E-state index in [2.05, 4.69) is 4.98 Å². The third-order valence-electron chi connectivity index (χ3n) is 3.40. The van der Waals surface area contributed by atoms with Gasteiger partial charge in [0.1, 0.15) is 0 Å². The maximum atomic E-state index is 12.7. The summed E-state index contributed by atoms with van der Waals surface area (Å²) in [6.07, 6.45) is 5.06. The molecule has 122 valence electrons. The topological polar surface area (TPSA) is 51.7 Å². The van der Waals surface area contributed by atoms with Gasteiger partial charge in [-0.25, -0.2) is 0 Å². The third-order valence-corrected chi connectivity index (χ3v) is 4.71. The van der Waals surface area contributed by atoms with Gasteiger partial charge in [-0.15, -0.1) is 0 Å². The van der Waals surface area contributed by atoms with Gasteiger partial charge in [0, 0.05) is 6.20 Å². The van der Waals surface area contributed by atoms with Crippen molar-refractivity contribution in [2.45, 2.75) is 0 Å². The molecule has 0 spiro atoms. The number of aromatic nitrogens is 1. The molecule has 24 heavy (non-hydrogen) atoms. The summed E-state index contributed by atoms with van der Waals surface area (Å²) < 4.78 is 11.0. The second-order valence-electron chi connectivity index (χ2n) is 4.84. The number of thioether (sulfide) groups is 1. The average molecular weight is 358 g/mol. The van der Waals surface area contributed by atoms with Crippen molar-refractivity contribution in [3.05, 3.63) is 53.2 Å². The Balaban J connectivity index is 1.92. The van der Waals surface area contributed by atoms with Crippen molar-refractivity contribution in [2.75, 3.05) is 19.1 Å². The van der Waals surface area contributed by atoms with Crippen LogP contribution in [0.2, 0.25) is 0 Å². The van der Waals surface area contributed by atoms with Crippen LogP contribution < -0.4 is 14.4 Å². The molecule has 1 aromatic carbocycles. The zero-order valence-electron chi connectivity index (χ0n) is 13.1. The predicted octanol–water partition coefficient (Wildman–Crippen LogP) is 3.50. The summed E-state index contributed by atoms with van der Waals surface area (Å²) >= 11 is 6.60. The number of ether oxygens (including phenoxy) is 2. The average Bonchev–Trinajstić information content (AvgIpc) is 2.89. The van der Waals surface area contributed by atoms with Crippen LogP contribution in [0.4, 0.5) is 5.69 Å². The highest BCUT2D eigenvalue weighted by molar-refractivity contribution is 8.27. The fraction of sp³-hybridized carbons (Fsp3) is 0.118. The van der Waals surface area contributed by atoms with Crippen LogP contribution in [0.5, 0.6) is 11.5 Å². The van der Waals surface area contributed by atoms with E-state index in [-0.39, 0.29) is 5.91 Å². The maximum absolute atomic E-state index is 12.7. The first kappa shape index (κ1) is 16.5. The first-order chi connectivity index (χ1) is 11.6. The lowest BCUT2D eigenvalue weighted by atomic mass is 10.2. The number of methoxy groups -OCH3 is 2. The molecule has 1 saturated heterocycles. The number of thiocarbonyl (C=S) groups is 1. The lowest BCUT2D eigenvalue weighted by Crippen LogP contribution is -2.27. The van der Waals surface area contributed by atoms with E-state index in [9.17, 15) is 4.79 Å². The summed E-state index contributed by atoms with van der Waals surface area (Å²) in [4.78, 5) is 18.7. The van der Waals surface area contributed by atoms with Crippen LogP contribution in [-0.2, 0) is 4.79 Å². The van der Waals surface area contributed by atoms with E-state index in [0.29, 0.717) is 26.4 Å². The standard InChI is InChI=1S/C17H14N2O3S2/c1-21-13-6-5-11(8-14(13)22-2)9-15-16(20)19(17(23)24-15)12-4-3-7-18-10-12/h3-10H,1-2H3/b15-9-. The smallest absolute Gasteiger partial charge is 0.270 e. The normalized spacial score (nSPS) is 15.9. The number of nitrogens with zero attached hydrogens (tertiary/aromatic N) is 2. The van der Waals surface area contributed by atoms with Crippen molar-refractivity contribution < 1.29 is 14.3 Å². The van der Waals surface area contributed by atoms with Gasteiger partial charge in [0.05, 0.1) is 31.0 Å². The van der Waals surface area contributed by atoms with Crippen molar-refractivity contribution in [1.82, 2.24) is 4.98 Å². The molecule has 7 heteroatoms. The molecule has 1 aliphatic heterocycles. The number of carbonyl (C=O) groups excluding carboxylic acids is 1. The molecule has 2 heterocycles. The van der Waals surface area contributed by atoms with E-state index < -0.39 is 0 Å². The third kappa shape index (κ3) is 3.13. The van der Waals surface area contributed by atoms with Crippen molar-refractivity contribution in [3.8, 4) is 11.5 Å². The van der Waals surface area contributed by atoms with E-state index in [1.807, 2.05) is 12.1 Å². The van der Waals surface area contributed by atoms with Crippen molar-refractivity contribution in [1.29, 1.82) is 0 Å². The molecule has 0 atom stereocenters. The molecule has 0 saturated carbocycles. The summed E-state index contributed by atoms with van der Waals surface area (Å²) in [5, 5.41) is 0. The zero-order chi connectivity index (χ0) is 17.1. The molecule has 1 fully saturated rings. The van der Waals surface area contributed by atoms with Crippen LogP contribution in [0.1, 0.15) is 5.56 Å². The van der Waals surface area contributed by atoms with Gasteiger partial charge in [0.2, 0.25) is 0 Å². The van der Waals surface area contributed by atoms with E-state index >= 15 is 0 Å². The molecule has 1 amide bonds. The van der Waals surface area contributed by atoms with Gasteiger partial charge in [-0.3, -0.25) is 14.7 Å². The first-order valence-electron chi connectivity index (χ1n) is 7.04. The Hall–Kier alpha value is -2.38. The highest BCUT2D eigenvalue weighted by atomic mass is 32.2. The molecule has 0 aliphatic carbocycles. The number of amides is 1. The van der Waals surface area contributed by atoms with Crippen molar-refractivity contribution >= 4 is 46.0 Å². The number of hydrogen-bond donors (Lipinski definition) is 0. The summed E-state index contributed by atoms with van der Waals surface area (Å²) in [6, 6.07) is 9.04. The number of benzene rings is 1. The summed E-state index contributed by atoms with van der Waals surface area (Å²) in [5.41, 5.74) is 1.50. The Morgan fingerprint density at radius 2 is 2.00 bits per heavy atom. The first-order valence-corrected chi connectivity index (χ1v) is 8.26. The second kappa shape index (κ2) is 7.02. The van der Waals surface area contributed by atoms with Crippen LogP contribution in [0.3, 0.4) is 0 Å². The minimum atomic E-state index is -0.159. The van der Waals surface area contributed by atoms with Crippen LogP contribution in [0, 0.1) is 0 Å². The van der Waals surface area contributed by atoms with Gasteiger partial charge in [0.25, 0.3) is 5.91 Å². The Kier molecular flexibility index (Phi) is 4.82. The molecule has 3 rings (SSSR count). The zero-order valence-corrected chi connectivity index (χ0v) is 14.7. The highest BCUT2D eigenvalue weighted by Crippen LogP contribution is 2.36. The van der Waals surface area contributed by atoms with Gasteiger partial charge in [0.15, 0.2) is 15.8 Å². The number of anilines is 1. The van der Waals surface area contributed by atoms with Crippen LogP contribution >= 0.6 is 24.0 Å². The molecule has 0 radical (unpaired) electrons. The largest absolute Gasteiger partial charge is 0.493 e. The molecule has 0 N–H and O–H groups in total. The van der Waals surface area contributed by atoms with E-state index in [1.165, 1.54) is 16.7 Å². The van der Waals surface area contributed by atoms with Crippen LogP contribution in [0.25, 0.3) is 6.08 Å². The van der Waals surface area contributed by atoms with Gasteiger partial charge in [-0.2, -0.15) is 0 Å². The van der Waals surface area contributed by atoms with Gasteiger partial charge < -0.3 is 9.47 Å². The summed E-state index contributed by atoms with van der Waals surface area (Å²) in [5.74, 6) is 1.08. The number of hydrogen-bond acceptors (Lipinski definition) is 6. The molecule has 0 bridgehead atoms. The second-order valence-corrected chi connectivity index (χ2v) is 6.52. The summed E-state index contributed by atoms with van der Waals surface area (Å²) in [7, 11) is 3.15. The fourth-order valence-electron chi connectivity index (χ4n) is 2.27. The van der Waals surface area contributed by atoms with Gasteiger partial charge in [-0.05, 0) is 35.9 Å². The SMILES string of the molecule is COc1ccc(/C=C2\SC(=S)N(c3cccnc3)C2=O)cc1OC. The number of pyridine rings is 1. The Bertz CT molecular complexity index is 822. The van der Waals surface area contributed by atoms with Crippen molar-refractivity contribution in [2.24, 2.45) is 0 Å². The Morgan fingerprint density at radius 1 is 1.21 bits per heavy atom. The Labute approximate surface area is 149 Å². The maximum Gasteiger partial charge on any atom is 0.270 e. The molecule has 1 aliphatic rings. The minimum Gasteiger partial charge on any atom is -0.493 e. The molecule has 5 nitrogen and oxygen atoms in total. The van der Waals surface area contributed by atoms with Crippen LogP contribution in [0.15, 0.2) is 47.6 Å². The van der Waals surface area contributed by atoms with E-state index in [4.69, 9.17) is 21.7 Å². The number of carbonyl (C=O) groups is 1.